The summed E-state index contributed by atoms with van der Waals surface area (Å²) in [6.45, 7) is 0. The predicted octanol–water partition coefficient (Wildman–Crippen LogP) is 1.80. The lowest BCUT2D eigenvalue weighted by atomic mass is 10.1. The first kappa shape index (κ1) is 11.4. The smallest absolute Gasteiger partial charge is 0.342 e. The molecule has 0 radical (unpaired) electrons. The number of hydrogen-bond donors (Lipinski definition) is 2. The van der Waals surface area contributed by atoms with E-state index in [0.29, 0.717) is 17.0 Å². The lowest BCUT2D eigenvalue weighted by Crippen LogP contribution is -2.30. The summed E-state index contributed by atoms with van der Waals surface area (Å²) in [4.78, 5) is 19.2. The summed E-state index contributed by atoms with van der Waals surface area (Å²) < 4.78 is 0. The van der Waals surface area contributed by atoms with Crippen LogP contribution in [0.2, 0.25) is 0 Å². The molecule has 1 aromatic carbocycles. The quantitative estimate of drug-likeness (QED) is 0.789. The molecule has 2 aliphatic rings. The highest BCUT2D eigenvalue weighted by Gasteiger charge is 2.24. The molecule has 0 spiro atoms. The summed E-state index contributed by atoms with van der Waals surface area (Å²) in [5.74, 6) is 0.180. The molecular formula is C14H11N3O2. The van der Waals surface area contributed by atoms with Gasteiger partial charge < -0.3 is 10.4 Å². The van der Waals surface area contributed by atoms with Crippen LogP contribution in [0.3, 0.4) is 0 Å². The molecule has 5 heteroatoms. The number of amides is 2. The van der Waals surface area contributed by atoms with Gasteiger partial charge in [-0.3, -0.25) is 4.99 Å². The lowest BCUT2D eigenvalue weighted by molar-refractivity contribution is 0.251. The van der Waals surface area contributed by atoms with Gasteiger partial charge in [-0.15, -0.1) is 0 Å². The maximum atomic E-state index is 11.1. The molecule has 0 fully saturated rings. The molecule has 5 nitrogen and oxygen atoms in total. The van der Waals surface area contributed by atoms with Crippen LogP contribution in [0.1, 0.15) is 5.56 Å². The number of phenols is 1. The van der Waals surface area contributed by atoms with Gasteiger partial charge >= 0.3 is 6.03 Å². The predicted molar refractivity (Wildman–Crippen MR) is 72.7 cm³/mol. The number of fused-ring (bicyclic) bond motifs is 1. The van der Waals surface area contributed by atoms with Crippen molar-refractivity contribution in [3.05, 3.63) is 53.8 Å². The number of aromatic hydroxyl groups is 1. The topological polar surface area (TPSA) is 74.0 Å². The van der Waals surface area contributed by atoms with Crippen LogP contribution in [-0.4, -0.2) is 29.1 Å². The highest BCUT2D eigenvalue weighted by Crippen LogP contribution is 2.16. The molecule has 2 amide bonds. The zero-order valence-corrected chi connectivity index (χ0v) is 9.95. The van der Waals surface area contributed by atoms with Gasteiger partial charge in [-0.2, -0.15) is 4.99 Å². The average molecular weight is 253 g/mol. The fourth-order valence-corrected chi connectivity index (χ4v) is 1.91. The fourth-order valence-electron chi connectivity index (χ4n) is 1.91. The second-order valence-electron chi connectivity index (χ2n) is 4.21. The van der Waals surface area contributed by atoms with Crippen molar-refractivity contribution < 1.29 is 9.90 Å². The zero-order chi connectivity index (χ0) is 13.2. The van der Waals surface area contributed by atoms with E-state index in [9.17, 15) is 9.90 Å². The van der Waals surface area contributed by atoms with Crippen molar-refractivity contribution >= 4 is 18.0 Å². The maximum absolute atomic E-state index is 11.1. The Morgan fingerprint density at radius 2 is 2.21 bits per heavy atom. The number of carbonyl (C=O) groups is 1. The van der Waals surface area contributed by atoms with Gasteiger partial charge in [-0.25, -0.2) is 4.79 Å². The van der Waals surface area contributed by atoms with Gasteiger partial charge in [0.25, 0.3) is 0 Å². The van der Waals surface area contributed by atoms with E-state index in [1.807, 2.05) is 18.2 Å². The van der Waals surface area contributed by atoms with Crippen molar-refractivity contribution in [3.8, 4) is 5.75 Å². The minimum absolute atomic E-state index is 0.142. The van der Waals surface area contributed by atoms with Crippen molar-refractivity contribution in [2.24, 2.45) is 9.98 Å². The van der Waals surface area contributed by atoms with E-state index >= 15 is 0 Å². The molecule has 1 aliphatic heterocycles. The number of carbonyl (C=O) groups excluding carboxylic acids is 1. The van der Waals surface area contributed by atoms with Gasteiger partial charge in [-0.1, -0.05) is 18.2 Å². The molecule has 0 saturated heterocycles. The maximum Gasteiger partial charge on any atom is 0.342 e. The number of nitrogens with one attached hydrogen (secondary N) is 1. The number of urea groups is 1. The van der Waals surface area contributed by atoms with Crippen molar-refractivity contribution in [2.45, 2.75) is 6.04 Å². The van der Waals surface area contributed by atoms with Crippen molar-refractivity contribution in [2.75, 3.05) is 0 Å². The molecular weight excluding hydrogens is 242 g/mol. The van der Waals surface area contributed by atoms with Crippen LogP contribution in [0.4, 0.5) is 4.79 Å². The van der Waals surface area contributed by atoms with E-state index in [-0.39, 0.29) is 17.8 Å². The number of rotatable bonds is 2. The molecule has 1 unspecified atom stereocenters. The lowest BCUT2D eigenvalue weighted by Gasteiger charge is -2.10. The standard InChI is InChI=1S/C14H11N3O2/c18-13-4-2-1-3-9(13)8-15-10-5-6-11-12(7-10)17-14(19)16-11/h1-8,11,18H,(H,16,19). The average Bonchev–Trinajstić information content (AvgIpc) is 2.77. The third kappa shape index (κ3) is 2.30. The first-order valence-corrected chi connectivity index (χ1v) is 5.83. The van der Waals surface area contributed by atoms with Crippen LogP contribution in [0.25, 0.3) is 0 Å². The summed E-state index contributed by atoms with van der Waals surface area (Å²) in [6.07, 6.45) is 6.97. The molecule has 1 heterocycles. The van der Waals surface area contributed by atoms with Crippen molar-refractivity contribution in [3.63, 3.8) is 0 Å². The summed E-state index contributed by atoms with van der Waals surface area (Å²) in [5, 5.41) is 12.3. The zero-order valence-electron chi connectivity index (χ0n) is 9.95. The molecule has 2 N–H and O–H groups in total. The Morgan fingerprint density at radius 1 is 1.37 bits per heavy atom. The molecule has 94 valence electrons. The van der Waals surface area contributed by atoms with Gasteiger partial charge in [0.1, 0.15) is 5.75 Å². The van der Waals surface area contributed by atoms with E-state index in [1.54, 1.807) is 30.5 Å². The highest BCUT2D eigenvalue weighted by molar-refractivity contribution is 6.13. The number of benzene rings is 1. The monoisotopic (exact) mass is 253 g/mol. The van der Waals surface area contributed by atoms with Crippen LogP contribution < -0.4 is 5.32 Å². The second kappa shape index (κ2) is 4.53. The van der Waals surface area contributed by atoms with E-state index in [0.717, 1.165) is 0 Å². The third-order valence-corrected chi connectivity index (χ3v) is 2.87. The molecule has 0 saturated carbocycles. The fraction of sp³-hybridized carbons (Fsp3) is 0.0714. The Morgan fingerprint density at radius 3 is 3.05 bits per heavy atom. The van der Waals surface area contributed by atoms with Crippen LogP contribution in [0, 0.1) is 0 Å². The largest absolute Gasteiger partial charge is 0.507 e. The van der Waals surface area contributed by atoms with Crippen LogP contribution in [-0.2, 0) is 0 Å². The Bertz CT molecular complexity index is 656. The Hall–Kier alpha value is -2.69. The van der Waals surface area contributed by atoms with Gasteiger partial charge in [0, 0.05) is 11.8 Å². The summed E-state index contributed by atoms with van der Waals surface area (Å²) in [5.41, 5.74) is 1.99. The number of hydrogen-bond acceptors (Lipinski definition) is 3. The summed E-state index contributed by atoms with van der Waals surface area (Å²) in [7, 11) is 0. The normalized spacial score (nSPS) is 21.1. The molecule has 1 aliphatic carbocycles. The number of aliphatic imine (C=N–C) groups is 2. The highest BCUT2D eigenvalue weighted by atomic mass is 16.3. The third-order valence-electron chi connectivity index (χ3n) is 2.87. The van der Waals surface area contributed by atoms with Gasteiger partial charge in [0.05, 0.1) is 17.5 Å². The minimum Gasteiger partial charge on any atom is -0.507 e. The van der Waals surface area contributed by atoms with E-state index in [4.69, 9.17) is 0 Å². The van der Waals surface area contributed by atoms with Crippen LogP contribution >= 0.6 is 0 Å². The van der Waals surface area contributed by atoms with Gasteiger partial charge in [-0.05, 0) is 24.3 Å². The Labute approximate surface area is 109 Å². The van der Waals surface area contributed by atoms with Crippen molar-refractivity contribution in [1.29, 1.82) is 0 Å². The molecule has 3 rings (SSSR count). The Kier molecular flexibility index (Phi) is 2.72. The summed E-state index contributed by atoms with van der Waals surface area (Å²) in [6, 6.07) is 6.48. The van der Waals surface area contributed by atoms with Crippen molar-refractivity contribution in [1.82, 2.24) is 5.32 Å². The molecule has 19 heavy (non-hydrogen) atoms. The van der Waals surface area contributed by atoms with Gasteiger partial charge in [0.2, 0.25) is 0 Å². The molecule has 1 atom stereocenters. The number of phenolic OH excluding ortho intramolecular Hbond substituents is 1. The molecule has 0 bridgehead atoms. The van der Waals surface area contributed by atoms with Crippen LogP contribution in [0.15, 0.2) is 58.2 Å². The molecule has 1 aromatic rings. The number of nitrogens with zero attached hydrogens (tertiary/aromatic N) is 2. The first-order chi connectivity index (χ1) is 9.22. The number of para-hydroxylation sites is 1. The van der Waals surface area contributed by atoms with E-state index in [1.165, 1.54) is 0 Å². The SMILES string of the molecule is O=C1N=C2C=C(N=Cc3ccccc3O)C=CC2N1. The van der Waals surface area contributed by atoms with E-state index < -0.39 is 0 Å². The first-order valence-electron chi connectivity index (χ1n) is 5.83. The second-order valence-corrected chi connectivity index (χ2v) is 4.21. The number of allylic oxidation sites excluding steroid dienone is 1. The Balaban J connectivity index is 1.83. The van der Waals surface area contributed by atoms with E-state index in [2.05, 4.69) is 15.3 Å². The molecule has 0 aromatic heterocycles. The van der Waals surface area contributed by atoms with Gasteiger partial charge in [0.15, 0.2) is 0 Å². The summed E-state index contributed by atoms with van der Waals surface area (Å²) >= 11 is 0. The minimum atomic E-state index is -0.327. The van der Waals surface area contributed by atoms with Crippen LogP contribution in [0.5, 0.6) is 5.75 Å².